The summed E-state index contributed by atoms with van der Waals surface area (Å²) in [5.74, 6) is 0.460. The van der Waals surface area contributed by atoms with Crippen molar-refractivity contribution < 1.29 is 14.3 Å². The molecule has 0 unspecified atom stereocenters. The van der Waals surface area contributed by atoms with Crippen molar-refractivity contribution in [2.24, 2.45) is 5.73 Å². The quantitative estimate of drug-likeness (QED) is 0.407. The summed E-state index contributed by atoms with van der Waals surface area (Å²) in [7, 11) is 0. The molecule has 2 aliphatic rings. The predicted molar refractivity (Wildman–Crippen MR) is 131 cm³/mol. The number of amides is 1. The van der Waals surface area contributed by atoms with Crippen LogP contribution in [0.1, 0.15) is 21.5 Å². The van der Waals surface area contributed by atoms with Crippen LogP contribution in [0.15, 0.2) is 42.5 Å². The number of morpholine rings is 1. The second-order valence-corrected chi connectivity index (χ2v) is 8.83. The van der Waals surface area contributed by atoms with Crippen LogP contribution in [-0.2, 0) is 11.2 Å². The number of benzene rings is 2. The van der Waals surface area contributed by atoms with E-state index in [1.54, 1.807) is 18.2 Å². The van der Waals surface area contributed by atoms with Crippen molar-refractivity contribution in [1.82, 2.24) is 4.98 Å². The van der Waals surface area contributed by atoms with E-state index in [-0.39, 0.29) is 0 Å². The molecule has 1 amide bonds. The number of hydrogen-bond acceptors (Lipinski definition) is 5. The SMILES string of the molecule is NC(=O)c1cc(-c2ccc(OCCCl)c(Cl)c2)nc2c1Cc1cc(N3CCOCC3)ccc1-2. The number of pyridine rings is 1. The summed E-state index contributed by atoms with van der Waals surface area (Å²) in [6.07, 6.45) is 0.625. The Morgan fingerprint density at radius 1 is 1.15 bits per heavy atom. The molecular weight excluding hydrogens is 461 g/mol. The van der Waals surface area contributed by atoms with E-state index in [1.165, 1.54) is 0 Å². The number of aromatic nitrogens is 1. The highest BCUT2D eigenvalue weighted by atomic mass is 35.5. The summed E-state index contributed by atoms with van der Waals surface area (Å²) >= 11 is 12.1. The van der Waals surface area contributed by atoms with Crippen LogP contribution in [0, 0.1) is 0 Å². The molecule has 170 valence electrons. The van der Waals surface area contributed by atoms with E-state index in [1.807, 2.05) is 6.07 Å². The fourth-order valence-electron chi connectivity index (χ4n) is 4.43. The highest BCUT2D eigenvalue weighted by Crippen LogP contribution is 2.41. The summed E-state index contributed by atoms with van der Waals surface area (Å²) in [6.45, 7) is 3.56. The third-order valence-electron chi connectivity index (χ3n) is 6.04. The minimum Gasteiger partial charge on any atom is -0.491 e. The number of fused-ring (bicyclic) bond motifs is 3. The number of alkyl halides is 1. The summed E-state index contributed by atoms with van der Waals surface area (Å²) < 4.78 is 11.0. The second-order valence-electron chi connectivity index (χ2n) is 8.05. The number of carbonyl (C=O) groups is 1. The van der Waals surface area contributed by atoms with Gasteiger partial charge in [0.2, 0.25) is 5.91 Å². The van der Waals surface area contributed by atoms with Gasteiger partial charge < -0.3 is 20.1 Å². The van der Waals surface area contributed by atoms with Crippen LogP contribution in [0.5, 0.6) is 5.75 Å². The van der Waals surface area contributed by atoms with Gasteiger partial charge in [-0.3, -0.25) is 4.79 Å². The summed E-state index contributed by atoms with van der Waals surface area (Å²) in [4.78, 5) is 19.6. The third-order valence-corrected chi connectivity index (χ3v) is 6.49. The van der Waals surface area contributed by atoms with Gasteiger partial charge in [0.05, 0.1) is 35.5 Å². The Bertz CT molecular complexity index is 1230. The zero-order valence-electron chi connectivity index (χ0n) is 17.9. The molecule has 2 heterocycles. The summed E-state index contributed by atoms with van der Waals surface area (Å²) in [5, 5.41) is 0.455. The van der Waals surface area contributed by atoms with Gasteiger partial charge in [-0.2, -0.15) is 0 Å². The van der Waals surface area contributed by atoms with E-state index in [9.17, 15) is 4.79 Å². The standard InChI is InChI=1S/C25H23Cl2N3O3/c26-5-8-33-23-4-1-15(13-21(23)27)22-14-20(25(28)31)19-12-16-11-17(30-6-9-32-10-7-30)2-3-18(16)24(19)29-22/h1-4,11,13-14H,5-10,12H2,(H2,28,31). The van der Waals surface area contributed by atoms with E-state index in [0.717, 1.165) is 59.9 Å². The molecule has 6 nitrogen and oxygen atoms in total. The molecule has 0 bridgehead atoms. The van der Waals surface area contributed by atoms with Crippen molar-refractivity contribution in [3.63, 3.8) is 0 Å². The number of hydrogen-bond donors (Lipinski definition) is 1. The van der Waals surface area contributed by atoms with Crippen LogP contribution in [0.4, 0.5) is 5.69 Å². The molecule has 1 aliphatic carbocycles. The van der Waals surface area contributed by atoms with Crippen molar-refractivity contribution in [2.45, 2.75) is 6.42 Å². The Morgan fingerprint density at radius 2 is 1.97 bits per heavy atom. The molecule has 1 aromatic heterocycles. The lowest BCUT2D eigenvalue weighted by atomic mass is 10.0. The lowest BCUT2D eigenvalue weighted by molar-refractivity contribution is 0.0999. The highest BCUT2D eigenvalue weighted by Gasteiger charge is 2.27. The Hall–Kier alpha value is -2.80. The van der Waals surface area contributed by atoms with E-state index in [4.69, 9.17) is 43.4 Å². The van der Waals surface area contributed by atoms with Crippen LogP contribution in [0.25, 0.3) is 22.5 Å². The molecule has 1 fully saturated rings. The summed E-state index contributed by atoms with van der Waals surface area (Å²) in [5.41, 5.74) is 12.7. The van der Waals surface area contributed by atoms with E-state index < -0.39 is 5.91 Å². The number of primary amides is 1. The fraction of sp³-hybridized carbons (Fsp3) is 0.280. The monoisotopic (exact) mass is 483 g/mol. The number of halogens is 2. The average molecular weight is 484 g/mol. The topological polar surface area (TPSA) is 77.7 Å². The molecule has 5 rings (SSSR count). The number of rotatable bonds is 6. The zero-order chi connectivity index (χ0) is 22.9. The Kier molecular flexibility index (Phi) is 6.15. The number of carbonyl (C=O) groups excluding carboxylic acids is 1. The molecule has 8 heteroatoms. The molecule has 0 spiro atoms. The van der Waals surface area contributed by atoms with Crippen LogP contribution in [0.3, 0.4) is 0 Å². The number of anilines is 1. The van der Waals surface area contributed by atoms with Gasteiger partial charge in [-0.15, -0.1) is 11.6 Å². The highest BCUT2D eigenvalue weighted by molar-refractivity contribution is 6.32. The van der Waals surface area contributed by atoms with Crippen molar-refractivity contribution in [1.29, 1.82) is 0 Å². The smallest absolute Gasteiger partial charge is 0.249 e. The maximum Gasteiger partial charge on any atom is 0.249 e. The fourth-order valence-corrected chi connectivity index (χ4v) is 4.75. The van der Waals surface area contributed by atoms with Gasteiger partial charge in [-0.05, 0) is 47.5 Å². The third kappa shape index (κ3) is 4.26. The molecular formula is C25H23Cl2N3O3. The predicted octanol–water partition coefficient (Wildman–Crippen LogP) is 4.53. The molecule has 33 heavy (non-hydrogen) atoms. The first-order chi connectivity index (χ1) is 16.0. The largest absolute Gasteiger partial charge is 0.491 e. The van der Waals surface area contributed by atoms with Gasteiger partial charge in [0.15, 0.2) is 0 Å². The van der Waals surface area contributed by atoms with Crippen molar-refractivity contribution in [2.75, 3.05) is 43.7 Å². The number of nitrogens with zero attached hydrogens (tertiary/aromatic N) is 2. The zero-order valence-corrected chi connectivity index (χ0v) is 19.5. The molecule has 0 radical (unpaired) electrons. The molecule has 1 saturated heterocycles. The van der Waals surface area contributed by atoms with Crippen molar-refractivity contribution in [3.05, 3.63) is 64.2 Å². The van der Waals surface area contributed by atoms with Gasteiger partial charge in [0, 0.05) is 41.9 Å². The van der Waals surface area contributed by atoms with Crippen LogP contribution >= 0.6 is 23.2 Å². The van der Waals surface area contributed by atoms with Crippen LogP contribution in [0.2, 0.25) is 5.02 Å². The minimum atomic E-state index is -0.468. The van der Waals surface area contributed by atoms with E-state index in [2.05, 4.69) is 23.1 Å². The maximum absolute atomic E-state index is 12.4. The molecule has 1 aliphatic heterocycles. The lowest BCUT2D eigenvalue weighted by Crippen LogP contribution is -2.36. The Morgan fingerprint density at radius 3 is 2.70 bits per heavy atom. The first-order valence-corrected chi connectivity index (χ1v) is 11.7. The normalized spacial score (nSPS) is 14.7. The van der Waals surface area contributed by atoms with E-state index >= 15 is 0 Å². The van der Waals surface area contributed by atoms with Crippen molar-refractivity contribution >= 4 is 34.8 Å². The first kappa shape index (κ1) is 22.0. The summed E-state index contributed by atoms with van der Waals surface area (Å²) in [6, 6.07) is 13.6. The molecule has 2 N–H and O–H groups in total. The maximum atomic E-state index is 12.4. The van der Waals surface area contributed by atoms with Gasteiger partial charge in [0.1, 0.15) is 12.4 Å². The molecule has 0 atom stereocenters. The van der Waals surface area contributed by atoms with Crippen LogP contribution in [-0.4, -0.2) is 49.7 Å². The number of nitrogens with two attached hydrogens (primary N) is 1. The van der Waals surface area contributed by atoms with Crippen molar-refractivity contribution in [3.8, 4) is 28.3 Å². The van der Waals surface area contributed by atoms with Gasteiger partial charge in [-0.1, -0.05) is 17.7 Å². The molecule has 0 saturated carbocycles. The minimum absolute atomic E-state index is 0.368. The molecule has 2 aromatic carbocycles. The van der Waals surface area contributed by atoms with Gasteiger partial charge >= 0.3 is 0 Å². The Balaban J connectivity index is 1.54. The first-order valence-electron chi connectivity index (χ1n) is 10.8. The van der Waals surface area contributed by atoms with Gasteiger partial charge in [-0.25, -0.2) is 4.98 Å². The number of ether oxygens (including phenoxy) is 2. The Labute approximate surface area is 202 Å². The van der Waals surface area contributed by atoms with Crippen LogP contribution < -0.4 is 15.4 Å². The van der Waals surface area contributed by atoms with E-state index in [0.29, 0.717) is 40.9 Å². The molecule has 3 aromatic rings. The average Bonchev–Trinajstić information content (AvgIpc) is 3.21. The second kappa shape index (κ2) is 9.21. The lowest BCUT2D eigenvalue weighted by Gasteiger charge is -2.29. The van der Waals surface area contributed by atoms with Gasteiger partial charge in [0.25, 0.3) is 0 Å².